The normalized spacial score (nSPS) is 11.5. The minimum absolute atomic E-state index is 0.206. The second-order valence-electron chi connectivity index (χ2n) is 4.39. The Morgan fingerprint density at radius 3 is 2.64 bits per heavy atom. The van der Waals surface area contributed by atoms with E-state index in [0.717, 1.165) is 17.3 Å². The summed E-state index contributed by atoms with van der Waals surface area (Å²) in [6.45, 7) is 0.583. The van der Waals surface area contributed by atoms with E-state index in [-0.39, 0.29) is 5.75 Å². The van der Waals surface area contributed by atoms with Crippen LogP contribution < -0.4 is 5.32 Å². The molecule has 1 aromatic carbocycles. The Morgan fingerprint density at radius 1 is 1.32 bits per heavy atom. The van der Waals surface area contributed by atoms with E-state index in [1.807, 2.05) is 19.1 Å². The molecule has 0 aliphatic rings. The van der Waals surface area contributed by atoms with Gasteiger partial charge in [0, 0.05) is 0 Å². The molecule has 0 aliphatic heterocycles. The molecule has 2 aromatic rings. The highest BCUT2D eigenvalue weighted by molar-refractivity contribution is 7.99. The number of aryl methyl sites for hydroxylation is 1. The summed E-state index contributed by atoms with van der Waals surface area (Å²) in [5.74, 6) is -0.941. The molecule has 0 radical (unpaired) electrons. The molecular formula is C12H12F3N5OS. The number of rotatable bonds is 5. The summed E-state index contributed by atoms with van der Waals surface area (Å²) in [6, 6.07) is 7.36. The molecule has 1 heterocycles. The van der Waals surface area contributed by atoms with Crippen LogP contribution in [0.4, 0.5) is 13.2 Å². The van der Waals surface area contributed by atoms with Crippen LogP contribution in [0.25, 0.3) is 5.69 Å². The van der Waals surface area contributed by atoms with Gasteiger partial charge >= 0.3 is 6.18 Å². The Balaban J connectivity index is 1.96. The van der Waals surface area contributed by atoms with E-state index in [1.165, 1.54) is 4.68 Å². The summed E-state index contributed by atoms with van der Waals surface area (Å²) in [7, 11) is 0. The van der Waals surface area contributed by atoms with E-state index in [4.69, 9.17) is 0 Å². The van der Waals surface area contributed by atoms with Gasteiger partial charge in [0.15, 0.2) is 0 Å². The average molecular weight is 331 g/mol. The van der Waals surface area contributed by atoms with E-state index >= 15 is 0 Å². The number of hydrogen-bond acceptors (Lipinski definition) is 5. The number of amides is 1. The molecule has 1 aromatic heterocycles. The topological polar surface area (TPSA) is 72.7 Å². The molecule has 0 saturated heterocycles. The highest BCUT2D eigenvalue weighted by Gasteiger charge is 2.27. The number of benzene rings is 1. The highest BCUT2D eigenvalue weighted by Crippen LogP contribution is 2.18. The number of tetrazole rings is 1. The van der Waals surface area contributed by atoms with Crippen LogP contribution in [0.2, 0.25) is 0 Å². The molecule has 22 heavy (non-hydrogen) atoms. The fourth-order valence-electron chi connectivity index (χ4n) is 1.50. The number of carbonyl (C=O) groups is 1. The van der Waals surface area contributed by atoms with Crippen molar-refractivity contribution in [3.8, 4) is 5.69 Å². The standard InChI is InChI=1S/C12H12F3N5OS/c1-8-2-4-9(5-3-8)20-11(17-18-19-20)22-6-10(21)16-7-12(13,14)15/h2-5H,6-7H2,1H3,(H,16,21). The third kappa shape index (κ3) is 4.72. The van der Waals surface area contributed by atoms with Crippen LogP contribution in [-0.4, -0.2) is 44.6 Å². The van der Waals surface area contributed by atoms with Gasteiger partial charge in [-0.1, -0.05) is 29.5 Å². The average Bonchev–Trinajstić information content (AvgIpc) is 2.91. The summed E-state index contributed by atoms with van der Waals surface area (Å²) in [5, 5.41) is 13.2. The van der Waals surface area contributed by atoms with Gasteiger partial charge in [-0.3, -0.25) is 4.79 Å². The second-order valence-corrected chi connectivity index (χ2v) is 5.33. The van der Waals surface area contributed by atoms with Crippen molar-refractivity contribution in [1.82, 2.24) is 25.5 Å². The fraction of sp³-hybridized carbons (Fsp3) is 0.333. The first kappa shape index (κ1) is 16.3. The molecule has 0 spiro atoms. The van der Waals surface area contributed by atoms with Gasteiger partial charge in [-0.05, 0) is 29.5 Å². The molecule has 1 N–H and O–H groups in total. The SMILES string of the molecule is Cc1ccc(-n2nnnc2SCC(=O)NCC(F)(F)F)cc1. The maximum atomic E-state index is 12.0. The van der Waals surface area contributed by atoms with Crippen molar-refractivity contribution in [3.63, 3.8) is 0 Å². The van der Waals surface area contributed by atoms with Crippen LogP contribution in [-0.2, 0) is 4.79 Å². The van der Waals surface area contributed by atoms with Gasteiger partial charge in [-0.15, -0.1) is 5.10 Å². The minimum atomic E-state index is -4.43. The smallest absolute Gasteiger partial charge is 0.346 e. The Bertz CT molecular complexity index is 641. The number of carbonyl (C=O) groups excluding carboxylic acids is 1. The van der Waals surface area contributed by atoms with Gasteiger partial charge in [-0.2, -0.15) is 17.9 Å². The number of nitrogens with zero attached hydrogens (tertiary/aromatic N) is 4. The summed E-state index contributed by atoms with van der Waals surface area (Å²) in [6.07, 6.45) is -4.43. The molecule has 0 fully saturated rings. The Kier molecular flexibility index (Phi) is 5.01. The number of thioether (sulfide) groups is 1. The summed E-state index contributed by atoms with van der Waals surface area (Å²) < 4.78 is 37.4. The summed E-state index contributed by atoms with van der Waals surface area (Å²) in [5.41, 5.74) is 1.77. The quantitative estimate of drug-likeness (QED) is 0.845. The van der Waals surface area contributed by atoms with Gasteiger partial charge in [0.1, 0.15) is 6.54 Å². The van der Waals surface area contributed by atoms with Crippen molar-refractivity contribution in [1.29, 1.82) is 0 Å². The minimum Gasteiger partial charge on any atom is -0.346 e. The van der Waals surface area contributed by atoms with Crippen LogP contribution in [0.3, 0.4) is 0 Å². The van der Waals surface area contributed by atoms with Crippen LogP contribution in [0.5, 0.6) is 0 Å². The zero-order chi connectivity index (χ0) is 16.2. The Labute approximate surface area is 128 Å². The van der Waals surface area contributed by atoms with Crippen molar-refractivity contribution in [2.75, 3.05) is 12.3 Å². The third-order valence-electron chi connectivity index (χ3n) is 2.54. The molecule has 0 atom stereocenters. The lowest BCUT2D eigenvalue weighted by molar-refractivity contribution is -0.136. The number of nitrogens with one attached hydrogen (secondary N) is 1. The van der Waals surface area contributed by atoms with Gasteiger partial charge in [0.25, 0.3) is 0 Å². The van der Waals surface area contributed by atoms with Gasteiger partial charge in [0.05, 0.1) is 11.4 Å². The predicted octanol–water partition coefficient (Wildman–Crippen LogP) is 1.74. The lowest BCUT2D eigenvalue weighted by Gasteiger charge is -2.08. The molecule has 0 aliphatic carbocycles. The molecule has 2 rings (SSSR count). The van der Waals surface area contributed by atoms with Crippen LogP contribution >= 0.6 is 11.8 Å². The maximum absolute atomic E-state index is 12.0. The molecule has 10 heteroatoms. The first-order valence-corrected chi connectivity index (χ1v) is 7.15. The second kappa shape index (κ2) is 6.77. The van der Waals surface area contributed by atoms with Gasteiger partial charge in [-0.25, -0.2) is 0 Å². The Morgan fingerprint density at radius 2 is 2.00 bits per heavy atom. The first-order chi connectivity index (χ1) is 10.3. The van der Waals surface area contributed by atoms with Crippen LogP contribution in [0.1, 0.15) is 5.56 Å². The molecule has 0 saturated carbocycles. The largest absolute Gasteiger partial charge is 0.405 e. The van der Waals surface area contributed by atoms with Crippen LogP contribution in [0, 0.1) is 6.92 Å². The zero-order valence-corrected chi connectivity index (χ0v) is 12.3. The van der Waals surface area contributed by atoms with Gasteiger partial charge < -0.3 is 5.32 Å². The van der Waals surface area contributed by atoms with Crippen molar-refractivity contribution in [2.45, 2.75) is 18.3 Å². The number of aromatic nitrogens is 4. The van der Waals surface area contributed by atoms with Crippen molar-refractivity contribution in [3.05, 3.63) is 29.8 Å². The Hall–Kier alpha value is -2.10. The van der Waals surface area contributed by atoms with Gasteiger partial charge in [0.2, 0.25) is 11.1 Å². The van der Waals surface area contributed by atoms with E-state index < -0.39 is 18.6 Å². The zero-order valence-electron chi connectivity index (χ0n) is 11.5. The molecule has 6 nitrogen and oxygen atoms in total. The first-order valence-electron chi connectivity index (χ1n) is 6.17. The number of alkyl halides is 3. The van der Waals surface area contributed by atoms with E-state index in [9.17, 15) is 18.0 Å². The molecule has 0 unspecified atom stereocenters. The van der Waals surface area contributed by atoms with Crippen molar-refractivity contribution >= 4 is 17.7 Å². The van der Waals surface area contributed by atoms with E-state index in [1.54, 1.807) is 17.4 Å². The number of hydrogen-bond donors (Lipinski definition) is 1. The molecule has 1 amide bonds. The fourth-order valence-corrected chi connectivity index (χ4v) is 2.22. The molecular weight excluding hydrogens is 319 g/mol. The monoisotopic (exact) mass is 331 g/mol. The summed E-state index contributed by atoms with van der Waals surface area (Å²) >= 11 is 0.959. The van der Waals surface area contributed by atoms with E-state index in [2.05, 4.69) is 15.5 Å². The third-order valence-corrected chi connectivity index (χ3v) is 3.46. The summed E-state index contributed by atoms with van der Waals surface area (Å²) in [4.78, 5) is 11.4. The lowest BCUT2D eigenvalue weighted by Crippen LogP contribution is -2.34. The van der Waals surface area contributed by atoms with Crippen molar-refractivity contribution < 1.29 is 18.0 Å². The number of halogens is 3. The predicted molar refractivity (Wildman–Crippen MR) is 73.7 cm³/mol. The van der Waals surface area contributed by atoms with E-state index in [0.29, 0.717) is 10.8 Å². The van der Waals surface area contributed by atoms with Crippen molar-refractivity contribution in [2.24, 2.45) is 0 Å². The highest BCUT2D eigenvalue weighted by atomic mass is 32.2. The van der Waals surface area contributed by atoms with Crippen LogP contribution in [0.15, 0.2) is 29.4 Å². The maximum Gasteiger partial charge on any atom is 0.405 e. The molecule has 118 valence electrons. The molecule has 0 bridgehead atoms. The lowest BCUT2D eigenvalue weighted by atomic mass is 10.2.